The van der Waals surface area contributed by atoms with E-state index in [4.69, 9.17) is 0 Å². The predicted octanol–water partition coefficient (Wildman–Crippen LogP) is 4.04. The van der Waals surface area contributed by atoms with Crippen LogP contribution in [0.3, 0.4) is 0 Å². The van der Waals surface area contributed by atoms with Gasteiger partial charge < -0.3 is 0 Å². The Morgan fingerprint density at radius 2 is 1.58 bits per heavy atom. The van der Waals surface area contributed by atoms with E-state index in [-0.39, 0.29) is 4.90 Å². The van der Waals surface area contributed by atoms with E-state index in [0.29, 0.717) is 11.0 Å². The van der Waals surface area contributed by atoms with Gasteiger partial charge in [-0.25, -0.2) is 17.4 Å². The van der Waals surface area contributed by atoms with E-state index in [9.17, 15) is 8.42 Å². The summed E-state index contributed by atoms with van der Waals surface area (Å²) in [7, 11) is -3.69. The van der Waals surface area contributed by atoms with Crippen LogP contribution in [0.1, 0.15) is 11.1 Å². The van der Waals surface area contributed by atoms with Crippen molar-refractivity contribution in [2.45, 2.75) is 18.7 Å². The molecular formula is C19H16N2O2S. The molecule has 4 nitrogen and oxygen atoms in total. The average molecular weight is 336 g/mol. The van der Waals surface area contributed by atoms with E-state index in [1.165, 1.54) is 10.3 Å². The Morgan fingerprint density at radius 1 is 0.875 bits per heavy atom. The molecule has 24 heavy (non-hydrogen) atoms. The lowest BCUT2D eigenvalue weighted by molar-refractivity contribution is 0.589. The molecule has 0 N–H and O–H groups in total. The highest BCUT2D eigenvalue weighted by Crippen LogP contribution is 2.25. The summed E-state index contributed by atoms with van der Waals surface area (Å²) >= 11 is 0. The molecule has 0 aliphatic carbocycles. The Hall–Kier alpha value is -2.66. The van der Waals surface area contributed by atoms with Gasteiger partial charge in [0.05, 0.1) is 15.9 Å². The number of fused-ring (bicyclic) bond motifs is 2. The summed E-state index contributed by atoms with van der Waals surface area (Å²) in [5, 5.41) is 1.91. The van der Waals surface area contributed by atoms with E-state index in [1.807, 2.05) is 56.3 Å². The molecule has 0 aliphatic heterocycles. The maximum absolute atomic E-state index is 13.1. The first kappa shape index (κ1) is 14.9. The Balaban J connectivity index is 1.95. The molecule has 0 amide bonds. The minimum atomic E-state index is -3.69. The molecule has 0 bridgehead atoms. The Morgan fingerprint density at radius 3 is 2.38 bits per heavy atom. The van der Waals surface area contributed by atoms with E-state index in [0.717, 1.165) is 21.9 Å². The standard InChI is InChI=1S/C19H16N2O2S/c1-13-9-18-19(10-14(13)2)21(12-20-18)24(22,23)17-8-7-15-5-3-4-6-16(15)11-17/h3-12H,1-2H3. The van der Waals surface area contributed by atoms with E-state index < -0.39 is 10.0 Å². The summed E-state index contributed by atoms with van der Waals surface area (Å²) in [6.07, 6.45) is 1.38. The number of aryl methyl sites for hydroxylation is 2. The highest BCUT2D eigenvalue weighted by atomic mass is 32.2. The zero-order chi connectivity index (χ0) is 16.9. The van der Waals surface area contributed by atoms with Crippen LogP contribution >= 0.6 is 0 Å². The van der Waals surface area contributed by atoms with Gasteiger partial charge in [0, 0.05) is 0 Å². The molecule has 4 rings (SSSR count). The number of nitrogens with zero attached hydrogens (tertiary/aromatic N) is 2. The van der Waals surface area contributed by atoms with Crippen LogP contribution in [0.15, 0.2) is 65.8 Å². The first-order valence-electron chi connectivity index (χ1n) is 7.65. The molecule has 4 aromatic rings. The topological polar surface area (TPSA) is 52.0 Å². The fourth-order valence-corrected chi connectivity index (χ4v) is 4.19. The molecule has 0 unspecified atom stereocenters. The van der Waals surface area contributed by atoms with Gasteiger partial charge in [-0.3, -0.25) is 0 Å². The average Bonchev–Trinajstić information content (AvgIpc) is 2.98. The Bertz CT molecular complexity index is 1190. The van der Waals surface area contributed by atoms with Crippen LogP contribution in [-0.4, -0.2) is 17.4 Å². The maximum atomic E-state index is 13.1. The summed E-state index contributed by atoms with van der Waals surface area (Å²) in [4.78, 5) is 4.52. The molecule has 5 heteroatoms. The van der Waals surface area contributed by atoms with Crippen LogP contribution in [0, 0.1) is 13.8 Å². The minimum Gasteiger partial charge on any atom is -0.236 e. The first-order valence-corrected chi connectivity index (χ1v) is 9.09. The molecule has 1 heterocycles. The third-order valence-corrected chi connectivity index (χ3v) is 6.07. The van der Waals surface area contributed by atoms with Crippen LogP contribution in [0.4, 0.5) is 0 Å². The molecule has 0 saturated heterocycles. The highest BCUT2D eigenvalue weighted by molar-refractivity contribution is 7.90. The third-order valence-electron chi connectivity index (χ3n) is 4.41. The number of hydrogen-bond acceptors (Lipinski definition) is 3. The Kier molecular flexibility index (Phi) is 3.21. The van der Waals surface area contributed by atoms with Gasteiger partial charge in [0.1, 0.15) is 6.33 Å². The van der Waals surface area contributed by atoms with Crippen molar-refractivity contribution in [3.8, 4) is 0 Å². The summed E-state index contributed by atoms with van der Waals surface area (Å²) in [6, 6.07) is 16.7. The molecular weight excluding hydrogens is 320 g/mol. The number of rotatable bonds is 2. The Labute approximate surface area is 140 Å². The summed E-state index contributed by atoms with van der Waals surface area (Å²) in [6.45, 7) is 3.96. The van der Waals surface area contributed by atoms with Crippen molar-refractivity contribution in [2.24, 2.45) is 0 Å². The van der Waals surface area contributed by atoms with E-state index in [2.05, 4.69) is 4.98 Å². The van der Waals surface area contributed by atoms with Crippen LogP contribution in [-0.2, 0) is 10.0 Å². The summed E-state index contributed by atoms with van der Waals surface area (Å²) in [5.74, 6) is 0. The zero-order valence-corrected chi connectivity index (χ0v) is 14.2. The van der Waals surface area contributed by atoms with Crippen molar-refractivity contribution in [3.63, 3.8) is 0 Å². The van der Waals surface area contributed by atoms with Crippen LogP contribution in [0.2, 0.25) is 0 Å². The van der Waals surface area contributed by atoms with Crippen molar-refractivity contribution in [3.05, 3.63) is 72.1 Å². The van der Waals surface area contributed by atoms with Gasteiger partial charge in [-0.2, -0.15) is 0 Å². The lowest BCUT2D eigenvalue weighted by atomic mass is 10.1. The number of benzene rings is 3. The molecule has 0 fully saturated rings. The molecule has 0 aliphatic rings. The van der Waals surface area contributed by atoms with Gasteiger partial charge in [-0.1, -0.05) is 30.3 Å². The van der Waals surface area contributed by atoms with Gasteiger partial charge in [0.25, 0.3) is 10.0 Å². The largest absolute Gasteiger partial charge is 0.269 e. The summed E-state index contributed by atoms with van der Waals surface area (Å²) in [5.41, 5.74) is 3.42. The number of hydrogen-bond donors (Lipinski definition) is 0. The van der Waals surface area contributed by atoms with Crippen molar-refractivity contribution >= 4 is 31.8 Å². The van der Waals surface area contributed by atoms with Gasteiger partial charge in [-0.15, -0.1) is 0 Å². The highest BCUT2D eigenvalue weighted by Gasteiger charge is 2.20. The molecule has 0 atom stereocenters. The lowest BCUT2D eigenvalue weighted by Gasteiger charge is -2.09. The van der Waals surface area contributed by atoms with Gasteiger partial charge in [-0.05, 0) is 60.0 Å². The first-order chi connectivity index (χ1) is 11.5. The molecule has 0 saturated carbocycles. The number of aromatic nitrogens is 2. The minimum absolute atomic E-state index is 0.263. The predicted molar refractivity (Wildman–Crippen MR) is 95.7 cm³/mol. The SMILES string of the molecule is Cc1cc2ncn(S(=O)(=O)c3ccc4ccccc4c3)c2cc1C. The zero-order valence-electron chi connectivity index (χ0n) is 13.4. The van der Waals surface area contributed by atoms with Crippen LogP contribution in [0.25, 0.3) is 21.8 Å². The second-order valence-electron chi connectivity index (χ2n) is 5.98. The van der Waals surface area contributed by atoms with E-state index in [1.54, 1.807) is 12.1 Å². The smallest absolute Gasteiger partial charge is 0.236 e. The molecule has 1 aromatic heterocycles. The second-order valence-corrected chi connectivity index (χ2v) is 7.79. The summed E-state index contributed by atoms with van der Waals surface area (Å²) < 4.78 is 27.4. The number of imidazole rings is 1. The molecule has 3 aromatic carbocycles. The maximum Gasteiger partial charge on any atom is 0.269 e. The van der Waals surface area contributed by atoms with Crippen molar-refractivity contribution in [1.82, 2.24) is 8.96 Å². The molecule has 0 spiro atoms. The van der Waals surface area contributed by atoms with E-state index >= 15 is 0 Å². The third kappa shape index (κ3) is 2.20. The van der Waals surface area contributed by atoms with Gasteiger partial charge in [0.15, 0.2) is 0 Å². The molecule has 0 radical (unpaired) electrons. The normalized spacial score (nSPS) is 12.1. The van der Waals surface area contributed by atoms with Gasteiger partial charge in [0.2, 0.25) is 0 Å². The lowest BCUT2D eigenvalue weighted by Crippen LogP contribution is -2.12. The quantitative estimate of drug-likeness (QED) is 0.555. The van der Waals surface area contributed by atoms with Crippen LogP contribution in [0.5, 0.6) is 0 Å². The fraction of sp³-hybridized carbons (Fsp3) is 0.105. The van der Waals surface area contributed by atoms with Crippen molar-refractivity contribution in [1.29, 1.82) is 0 Å². The molecule has 120 valence electrons. The van der Waals surface area contributed by atoms with Crippen molar-refractivity contribution < 1.29 is 8.42 Å². The van der Waals surface area contributed by atoms with Crippen LogP contribution < -0.4 is 0 Å². The monoisotopic (exact) mass is 336 g/mol. The van der Waals surface area contributed by atoms with Crippen molar-refractivity contribution in [2.75, 3.05) is 0 Å². The fourth-order valence-electron chi connectivity index (χ4n) is 2.88. The second kappa shape index (κ2) is 5.18. The van der Waals surface area contributed by atoms with Gasteiger partial charge >= 0.3 is 0 Å².